The molecule has 96 valence electrons. The van der Waals surface area contributed by atoms with Crippen LogP contribution in [0.4, 0.5) is 5.69 Å². The third-order valence-corrected chi connectivity index (χ3v) is 3.81. The van der Waals surface area contributed by atoms with Crippen molar-refractivity contribution in [1.82, 2.24) is 0 Å². The summed E-state index contributed by atoms with van der Waals surface area (Å²) in [6.45, 7) is 4.03. The van der Waals surface area contributed by atoms with E-state index < -0.39 is 0 Å². The van der Waals surface area contributed by atoms with Crippen molar-refractivity contribution in [3.05, 3.63) is 23.8 Å². The van der Waals surface area contributed by atoms with E-state index in [4.69, 9.17) is 4.74 Å². The van der Waals surface area contributed by atoms with Crippen LogP contribution in [0.2, 0.25) is 0 Å². The van der Waals surface area contributed by atoms with Gasteiger partial charge in [-0.05, 0) is 31.5 Å². The number of fused-ring (bicyclic) bond motifs is 1. The average molecular weight is 265 g/mol. The van der Waals surface area contributed by atoms with Crippen molar-refractivity contribution >= 4 is 29.3 Å². The summed E-state index contributed by atoms with van der Waals surface area (Å²) < 4.78 is 4.90. The summed E-state index contributed by atoms with van der Waals surface area (Å²) in [5, 5.41) is 2.77. The molecule has 1 aromatic carbocycles. The Morgan fingerprint density at radius 1 is 1.50 bits per heavy atom. The zero-order valence-corrected chi connectivity index (χ0v) is 11.2. The fraction of sp³-hybridized carbons (Fsp3) is 0.385. The second-order valence-corrected chi connectivity index (χ2v) is 5.44. The second kappa shape index (κ2) is 5.44. The van der Waals surface area contributed by atoms with Gasteiger partial charge in [-0.15, -0.1) is 11.8 Å². The lowest BCUT2D eigenvalue weighted by Crippen LogP contribution is -2.26. The predicted molar refractivity (Wildman–Crippen MR) is 70.7 cm³/mol. The molecule has 1 heterocycles. The van der Waals surface area contributed by atoms with Crippen LogP contribution in [0.5, 0.6) is 0 Å². The zero-order chi connectivity index (χ0) is 13.1. The Morgan fingerprint density at radius 3 is 3.00 bits per heavy atom. The molecule has 5 heteroatoms. The Hall–Kier alpha value is -1.49. The molecular weight excluding hydrogens is 250 g/mol. The molecule has 4 nitrogen and oxygen atoms in total. The molecule has 1 amide bonds. The fourth-order valence-electron chi connectivity index (χ4n) is 1.74. The number of ether oxygens (including phenoxy) is 1. The van der Waals surface area contributed by atoms with Crippen molar-refractivity contribution in [2.75, 3.05) is 11.9 Å². The van der Waals surface area contributed by atoms with Gasteiger partial charge in [-0.1, -0.05) is 6.07 Å². The quantitative estimate of drug-likeness (QED) is 0.851. The van der Waals surface area contributed by atoms with Gasteiger partial charge in [0, 0.05) is 4.90 Å². The largest absolute Gasteiger partial charge is 0.466 e. The molecule has 18 heavy (non-hydrogen) atoms. The standard InChI is InChI=1S/C13H15NO3S/c1-3-17-12(15)7-9-4-5-11-10(6-9)14-13(16)8(2)18-11/h4-6,8H,3,7H2,1-2H3,(H,14,16). The van der Waals surface area contributed by atoms with Crippen LogP contribution in [0.3, 0.4) is 0 Å². The lowest BCUT2D eigenvalue weighted by molar-refractivity contribution is -0.142. The third-order valence-electron chi connectivity index (χ3n) is 2.63. The maximum absolute atomic E-state index is 11.6. The third kappa shape index (κ3) is 2.85. The van der Waals surface area contributed by atoms with Crippen LogP contribution in [0.25, 0.3) is 0 Å². The highest BCUT2D eigenvalue weighted by atomic mass is 32.2. The maximum atomic E-state index is 11.6. The van der Waals surface area contributed by atoms with Crippen LogP contribution in [0.15, 0.2) is 23.1 Å². The molecule has 0 aromatic heterocycles. The van der Waals surface area contributed by atoms with E-state index in [0.717, 1.165) is 16.1 Å². The first-order valence-corrected chi connectivity index (χ1v) is 6.74. The number of carbonyl (C=O) groups is 2. The van der Waals surface area contributed by atoms with E-state index >= 15 is 0 Å². The minimum absolute atomic E-state index is 0.000727. The molecule has 1 N–H and O–H groups in total. The van der Waals surface area contributed by atoms with E-state index in [9.17, 15) is 9.59 Å². The molecule has 0 radical (unpaired) electrons. The highest BCUT2D eigenvalue weighted by molar-refractivity contribution is 8.00. The van der Waals surface area contributed by atoms with Gasteiger partial charge in [0.2, 0.25) is 5.91 Å². The van der Waals surface area contributed by atoms with Crippen molar-refractivity contribution in [2.45, 2.75) is 30.4 Å². The van der Waals surface area contributed by atoms with E-state index in [1.807, 2.05) is 25.1 Å². The average Bonchev–Trinajstić information content (AvgIpc) is 2.31. The van der Waals surface area contributed by atoms with E-state index in [-0.39, 0.29) is 23.5 Å². The number of hydrogen-bond donors (Lipinski definition) is 1. The molecule has 1 atom stereocenters. The molecule has 0 saturated carbocycles. The maximum Gasteiger partial charge on any atom is 0.310 e. The van der Waals surface area contributed by atoms with E-state index in [1.54, 1.807) is 6.92 Å². The number of benzene rings is 1. The monoisotopic (exact) mass is 265 g/mol. The molecule has 2 rings (SSSR count). The van der Waals surface area contributed by atoms with Gasteiger partial charge in [0.25, 0.3) is 0 Å². The van der Waals surface area contributed by atoms with Gasteiger partial charge < -0.3 is 10.1 Å². The highest BCUT2D eigenvalue weighted by Crippen LogP contribution is 2.35. The van der Waals surface area contributed by atoms with Crippen LogP contribution < -0.4 is 5.32 Å². The molecule has 1 aliphatic rings. The van der Waals surface area contributed by atoms with Crippen LogP contribution >= 0.6 is 11.8 Å². The summed E-state index contributed by atoms with van der Waals surface area (Å²) in [5.41, 5.74) is 1.63. The highest BCUT2D eigenvalue weighted by Gasteiger charge is 2.23. The van der Waals surface area contributed by atoms with E-state index in [0.29, 0.717) is 6.61 Å². The van der Waals surface area contributed by atoms with Gasteiger partial charge in [-0.25, -0.2) is 0 Å². The fourth-order valence-corrected chi connectivity index (χ4v) is 2.67. The van der Waals surface area contributed by atoms with Crippen molar-refractivity contribution in [3.8, 4) is 0 Å². The molecule has 0 fully saturated rings. The van der Waals surface area contributed by atoms with Crippen molar-refractivity contribution in [1.29, 1.82) is 0 Å². The van der Waals surface area contributed by atoms with E-state index in [1.165, 1.54) is 11.8 Å². The van der Waals surface area contributed by atoms with Crippen LogP contribution in [-0.2, 0) is 20.7 Å². The predicted octanol–water partition coefficient (Wildman–Crippen LogP) is 2.22. The summed E-state index contributed by atoms with van der Waals surface area (Å²) in [6, 6.07) is 5.67. The number of amides is 1. The Kier molecular flexibility index (Phi) is 3.91. The SMILES string of the molecule is CCOC(=O)Cc1ccc2c(c1)NC(=O)C(C)S2. The van der Waals surface area contributed by atoms with Crippen molar-refractivity contribution < 1.29 is 14.3 Å². The Morgan fingerprint density at radius 2 is 2.28 bits per heavy atom. The molecule has 0 spiro atoms. The molecule has 0 bridgehead atoms. The minimum atomic E-state index is -0.249. The van der Waals surface area contributed by atoms with Crippen LogP contribution in [-0.4, -0.2) is 23.7 Å². The summed E-state index contributed by atoms with van der Waals surface area (Å²) in [4.78, 5) is 24.0. The van der Waals surface area contributed by atoms with Gasteiger partial charge >= 0.3 is 5.97 Å². The number of thioether (sulfide) groups is 1. The summed E-state index contributed by atoms with van der Waals surface area (Å²) in [5.74, 6) is -0.249. The minimum Gasteiger partial charge on any atom is -0.466 e. The number of nitrogens with one attached hydrogen (secondary N) is 1. The van der Waals surface area contributed by atoms with Gasteiger partial charge in [-0.2, -0.15) is 0 Å². The molecule has 1 unspecified atom stereocenters. The van der Waals surface area contributed by atoms with Crippen LogP contribution in [0.1, 0.15) is 19.4 Å². The first kappa shape index (κ1) is 13.0. The van der Waals surface area contributed by atoms with Gasteiger partial charge in [0.05, 0.1) is 24.0 Å². The smallest absolute Gasteiger partial charge is 0.310 e. The number of rotatable bonds is 3. The lowest BCUT2D eigenvalue weighted by Gasteiger charge is -2.21. The number of esters is 1. The van der Waals surface area contributed by atoms with E-state index in [2.05, 4.69) is 5.32 Å². The second-order valence-electron chi connectivity index (χ2n) is 4.06. The first-order valence-electron chi connectivity index (χ1n) is 5.86. The van der Waals surface area contributed by atoms with Crippen molar-refractivity contribution in [2.24, 2.45) is 0 Å². The lowest BCUT2D eigenvalue weighted by atomic mass is 10.1. The molecule has 1 aromatic rings. The van der Waals surface area contributed by atoms with Gasteiger partial charge in [0.1, 0.15) is 0 Å². The first-order chi connectivity index (χ1) is 8.60. The summed E-state index contributed by atoms with van der Waals surface area (Å²) >= 11 is 1.53. The summed E-state index contributed by atoms with van der Waals surface area (Å²) in [6.07, 6.45) is 0.233. The topological polar surface area (TPSA) is 55.4 Å². The summed E-state index contributed by atoms with van der Waals surface area (Å²) in [7, 11) is 0. The van der Waals surface area contributed by atoms with Gasteiger partial charge in [-0.3, -0.25) is 9.59 Å². The Labute approximate surface area is 110 Å². The van der Waals surface area contributed by atoms with Gasteiger partial charge in [0.15, 0.2) is 0 Å². The number of anilines is 1. The molecule has 0 saturated heterocycles. The Bertz CT molecular complexity index is 487. The van der Waals surface area contributed by atoms with Crippen LogP contribution in [0, 0.1) is 0 Å². The number of hydrogen-bond acceptors (Lipinski definition) is 4. The zero-order valence-electron chi connectivity index (χ0n) is 10.4. The molecular formula is C13H15NO3S. The molecule has 1 aliphatic heterocycles. The Balaban J connectivity index is 2.15. The van der Waals surface area contributed by atoms with Crippen molar-refractivity contribution in [3.63, 3.8) is 0 Å². The normalized spacial score (nSPS) is 17.9. The molecule has 0 aliphatic carbocycles. The number of carbonyl (C=O) groups excluding carboxylic acids is 2.